The fourth-order valence-corrected chi connectivity index (χ4v) is 0.738. The van der Waals surface area contributed by atoms with Crippen LogP contribution < -0.4 is 5.32 Å². The Kier molecular flexibility index (Phi) is 4.26. The average molecular weight is 205 g/mol. The molecular formula is C8H15NO3S. The number of hydrogen-bond donors (Lipinski definition) is 3. The van der Waals surface area contributed by atoms with Gasteiger partial charge in [0.25, 0.3) is 0 Å². The van der Waals surface area contributed by atoms with Crippen LogP contribution in [0.3, 0.4) is 0 Å². The van der Waals surface area contributed by atoms with Gasteiger partial charge < -0.3 is 10.4 Å². The highest BCUT2D eigenvalue weighted by Crippen LogP contribution is 2.11. The van der Waals surface area contributed by atoms with Crippen LogP contribution in [-0.4, -0.2) is 27.8 Å². The Balaban J connectivity index is 4.26. The summed E-state index contributed by atoms with van der Waals surface area (Å²) in [6.07, 6.45) is 0.366. The highest BCUT2D eigenvalue weighted by molar-refractivity contribution is 7.82. The first-order chi connectivity index (χ1) is 5.79. The molecule has 0 radical (unpaired) electrons. The molecule has 13 heavy (non-hydrogen) atoms. The summed E-state index contributed by atoms with van der Waals surface area (Å²) in [5.41, 5.74) is 0. The zero-order chi connectivity index (χ0) is 10.6. The molecule has 0 aromatic rings. The first-order valence-electron chi connectivity index (χ1n) is 4.05. The topological polar surface area (TPSA) is 66.4 Å². The van der Waals surface area contributed by atoms with E-state index in [0.717, 1.165) is 0 Å². The molecule has 5 heteroatoms. The lowest BCUT2D eigenvalue weighted by molar-refractivity contribution is -0.142. The Labute approximate surface area is 83.1 Å². The lowest BCUT2D eigenvalue weighted by atomic mass is 10.1. The van der Waals surface area contributed by atoms with Crippen molar-refractivity contribution >= 4 is 24.5 Å². The summed E-state index contributed by atoms with van der Waals surface area (Å²) in [5, 5.41) is 11.0. The lowest BCUT2D eigenvalue weighted by Crippen LogP contribution is -2.47. The third-order valence-electron chi connectivity index (χ3n) is 1.57. The van der Waals surface area contributed by atoms with Crippen LogP contribution in [0.1, 0.15) is 27.2 Å². The minimum atomic E-state index is -1.02. The van der Waals surface area contributed by atoms with Crippen LogP contribution in [0.2, 0.25) is 0 Å². The molecule has 0 aromatic heterocycles. The second-order valence-corrected chi connectivity index (χ2v) is 4.45. The predicted octanol–water partition coefficient (Wildman–Crippen LogP) is 0.674. The van der Waals surface area contributed by atoms with Crippen LogP contribution in [0.25, 0.3) is 0 Å². The summed E-state index contributed by atoms with van der Waals surface area (Å²) in [6.45, 7) is 4.92. The normalized spacial score (nSPS) is 13.5. The standard InChI is InChI=1S/C8H15NO3S/c1-4-5(6(10)11)9-7(12)8(2,3)13/h5,13H,4H2,1-3H3,(H,9,12)(H,10,11). The van der Waals surface area contributed by atoms with E-state index in [1.807, 2.05) is 0 Å². The van der Waals surface area contributed by atoms with Gasteiger partial charge in [-0.25, -0.2) is 4.79 Å². The maximum Gasteiger partial charge on any atom is 0.326 e. The fraction of sp³-hybridized carbons (Fsp3) is 0.750. The quantitative estimate of drug-likeness (QED) is 0.591. The SMILES string of the molecule is CCC(NC(=O)C(C)(C)S)C(=O)O. The summed E-state index contributed by atoms with van der Waals surface area (Å²) in [5.74, 6) is -1.39. The van der Waals surface area contributed by atoms with Crippen LogP contribution in [-0.2, 0) is 9.59 Å². The molecule has 0 fully saturated rings. The van der Waals surface area contributed by atoms with Crippen molar-refractivity contribution in [2.24, 2.45) is 0 Å². The Morgan fingerprint density at radius 3 is 2.23 bits per heavy atom. The van der Waals surface area contributed by atoms with Crippen molar-refractivity contribution in [1.82, 2.24) is 5.32 Å². The second-order valence-electron chi connectivity index (χ2n) is 3.33. The van der Waals surface area contributed by atoms with Gasteiger partial charge in [0.2, 0.25) is 5.91 Å². The highest BCUT2D eigenvalue weighted by Gasteiger charge is 2.26. The molecule has 0 saturated carbocycles. The molecule has 1 unspecified atom stereocenters. The van der Waals surface area contributed by atoms with Crippen molar-refractivity contribution in [2.45, 2.75) is 38.0 Å². The van der Waals surface area contributed by atoms with E-state index in [4.69, 9.17) is 5.11 Å². The molecule has 0 aliphatic heterocycles. The van der Waals surface area contributed by atoms with Gasteiger partial charge in [-0.2, -0.15) is 12.6 Å². The van der Waals surface area contributed by atoms with Gasteiger partial charge in [0.05, 0.1) is 4.75 Å². The molecule has 0 spiro atoms. The Bertz CT molecular complexity index is 210. The minimum absolute atomic E-state index is 0.366. The average Bonchev–Trinajstić information content (AvgIpc) is 1.96. The molecule has 2 N–H and O–H groups in total. The number of rotatable bonds is 4. The molecule has 0 bridgehead atoms. The summed E-state index contributed by atoms with van der Waals surface area (Å²) in [6, 6.07) is -0.820. The van der Waals surface area contributed by atoms with E-state index in [1.54, 1.807) is 20.8 Å². The number of amides is 1. The molecule has 0 saturated heterocycles. The molecule has 4 nitrogen and oxygen atoms in total. The van der Waals surface area contributed by atoms with E-state index in [9.17, 15) is 9.59 Å². The molecule has 0 aliphatic rings. The molecule has 1 amide bonds. The zero-order valence-corrected chi connectivity index (χ0v) is 8.89. The first-order valence-corrected chi connectivity index (χ1v) is 4.50. The van der Waals surface area contributed by atoms with Crippen LogP contribution >= 0.6 is 12.6 Å². The van der Waals surface area contributed by atoms with Crippen molar-refractivity contribution < 1.29 is 14.7 Å². The number of carbonyl (C=O) groups excluding carboxylic acids is 1. The number of carboxylic acid groups (broad SMARTS) is 1. The Morgan fingerprint density at radius 1 is 1.54 bits per heavy atom. The third-order valence-corrected chi connectivity index (χ3v) is 1.77. The van der Waals surface area contributed by atoms with Gasteiger partial charge in [-0.15, -0.1) is 0 Å². The van der Waals surface area contributed by atoms with Crippen LogP contribution in [0, 0.1) is 0 Å². The van der Waals surface area contributed by atoms with Gasteiger partial charge >= 0.3 is 5.97 Å². The number of carboxylic acids is 1. The van der Waals surface area contributed by atoms with Crippen molar-refractivity contribution in [3.05, 3.63) is 0 Å². The molecular weight excluding hydrogens is 190 g/mol. The van der Waals surface area contributed by atoms with Gasteiger partial charge in [0, 0.05) is 0 Å². The molecule has 1 atom stereocenters. The monoisotopic (exact) mass is 205 g/mol. The predicted molar refractivity (Wildman–Crippen MR) is 52.9 cm³/mol. The Morgan fingerprint density at radius 2 is 2.00 bits per heavy atom. The van der Waals surface area contributed by atoms with Crippen molar-refractivity contribution in [3.8, 4) is 0 Å². The second kappa shape index (κ2) is 4.50. The largest absolute Gasteiger partial charge is 0.480 e. The van der Waals surface area contributed by atoms with Crippen LogP contribution in [0.4, 0.5) is 0 Å². The van der Waals surface area contributed by atoms with E-state index < -0.39 is 16.8 Å². The molecule has 0 heterocycles. The van der Waals surface area contributed by atoms with Crippen molar-refractivity contribution in [2.75, 3.05) is 0 Å². The number of thiol groups is 1. The van der Waals surface area contributed by atoms with E-state index in [1.165, 1.54) is 0 Å². The zero-order valence-electron chi connectivity index (χ0n) is 8.00. The van der Waals surface area contributed by atoms with Gasteiger partial charge in [-0.05, 0) is 20.3 Å². The smallest absolute Gasteiger partial charge is 0.326 e. The highest BCUT2D eigenvalue weighted by atomic mass is 32.1. The molecule has 0 aromatic carbocycles. The summed E-state index contributed by atoms with van der Waals surface area (Å²) < 4.78 is -0.844. The number of aliphatic carboxylic acids is 1. The third kappa shape index (κ3) is 4.17. The fourth-order valence-electron chi connectivity index (χ4n) is 0.673. The van der Waals surface area contributed by atoms with Gasteiger partial charge in [-0.3, -0.25) is 4.79 Å². The van der Waals surface area contributed by atoms with E-state index in [0.29, 0.717) is 6.42 Å². The van der Waals surface area contributed by atoms with E-state index >= 15 is 0 Å². The van der Waals surface area contributed by atoms with Crippen molar-refractivity contribution in [1.29, 1.82) is 0 Å². The number of hydrogen-bond acceptors (Lipinski definition) is 3. The maximum absolute atomic E-state index is 11.3. The molecule has 0 aliphatic carbocycles. The van der Waals surface area contributed by atoms with E-state index in [2.05, 4.69) is 17.9 Å². The summed E-state index contributed by atoms with van der Waals surface area (Å²) in [7, 11) is 0. The van der Waals surface area contributed by atoms with Crippen LogP contribution in [0.15, 0.2) is 0 Å². The van der Waals surface area contributed by atoms with E-state index in [-0.39, 0.29) is 5.91 Å². The maximum atomic E-state index is 11.3. The first kappa shape index (κ1) is 12.3. The number of nitrogens with one attached hydrogen (secondary N) is 1. The summed E-state index contributed by atoms with van der Waals surface area (Å²) in [4.78, 5) is 21.8. The summed E-state index contributed by atoms with van der Waals surface area (Å²) >= 11 is 4.03. The minimum Gasteiger partial charge on any atom is -0.480 e. The van der Waals surface area contributed by atoms with Crippen molar-refractivity contribution in [3.63, 3.8) is 0 Å². The molecule has 76 valence electrons. The van der Waals surface area contributed by atoms with Gasteiger partial charge in [-0.1, -0.05) is 6.92 Å². The van der Waals surface area contributed by atoms with Gasteiger partial charge in [0.15, 0.2) is 0 Å². The Hall–Kier alpha value is -0.710. The van der Waals surface area contributed by atoms with Gasteiger partial charge in [0.1, 0.15) is 6.04 Å². The van der Waals surface area contributed by atoms with Crippen LogP contribution in [0.5, 0.6) is 0 Å². The lowest BCUT2D eigenvalue weighted by Gasteiger charge is -2.20. The number of carbonyl (C=O) groups is 2. The molecule has 0 rings (SSSR count).